The van der Waals surface area contributed by atoms with Gasteiger partial charge in [0.25, 0.3) is 5.69 Å². The number of anilines is 2. The van der Waals surface area contributed by atoms with Crippen molar-refractivity contribution in [1.82, 2.24) is 0 Å². The van der Waals surface area contributed by atoms with Gasteiger partial charge in [-0.3, -0.25) is 10.1 Å². The molecule has 0 aliphatic rings. The van der Waals surface area contributed by atoms with Crippen LogP contribution in [0.25, 0.3) is 0 Å². The van der Waals surface area contributed by atoms with Crippen molar-refractivity contribution in [2.45, 2.75) is 13.3 Å². The molecule has 2 aromatic rings. The maximum absolute atomic E-state index is 12.1. The topological polar surface area (TPSA) is 55.6 Å². The van der Waals surface area contributed by atoms with Crippen LogP contribution in [-0.2, 0) is 0 Å². The normalized spacial score (nSPS) is 11.2. The summed E-state index contributed by atoms with van der Waals surface area (Å²) in [6.07, 6.45) is -4.73. The first kappa shape index (κ1) is 16.6. The lowest BCUT2D eigenvalue weighted by Gasteiger charge is -2.20. The van der Waals surface area contributed by atoms with Crippen molar-refractivity contribution in [2.75, 3.05) is 11.9 Å². The number of benzene rings is 2. The second-order valence-corrected chi connectivity index (χ2v) is 4.83. The molecule has 2 aromatic carbocycles. The van der Waals surface area contributed by atoms with Crippen molar-refractivity contribution < 1.29 is 22.8 Å². The van der Waals surface area contributed by atoms with Gasteiger partial charge in [-0.05, 0) is 43.3 Å². The van der Waals surface area contributed by atoms with E-state index in [1.165, 1.54) is 30.3 Å². The van der Waals surface area contributed by atoms with E-state index in [-0.39, 0.29) is 11.4 Å². The summed E-state index contributed by atoms with van der Waals surface area (Å²) in [6.45, 7) is 1.62. The van der Waals surface area contributed by atoms with E-state index >= 15 is 0 Å². The SMILES string of the molecule is Cc1cc(N(C)c2ccc(OC(F)(F)F)cc2)ccc1[N+](=O)[O-]. The molecule has 0 radical (unpaired) electrons. The molecule has 2 rings (SSSR count). The van der Waals surface area contributed by atoms with Crippen LogP contribution >= 0.6 is 0 Å². The summed E-state index contributed by atoms with van der Waals surface area (Å²) in [4.78, 5) is 12.0. The third-order valence-corrected chi connectivity index (χ3v) is 3.22. The third kappa shape index (κ3) is 4.12. The number of alkyl halides is 3. The van der Waals surface area contributed by atoms with Gasteiger partial charge in [0, 0.05) is 30.1 Å². The Kier molecular flexibility index (Phi) is 4.44. The summed E-state index contributed by atoms with van der Waals surface area (Å²) >= 11 is 0. The molecule has 122 valence electrons. The molecule has 0 saturated carbocycles. The van der Waals surface area contributed by atoms with Gasteiger partial charge in [0.2, 0.25) is 0 Å². The van der Waals surface area contributed by atoms with Gasteiger partial charge >= 0.3 is 6.36 Å². The molecule has 0 heterocycles. The molecule has 0 aromatic heterocycles. The predicted octanol–water partition coefficient (Wildman–Crippen LogP) is 4.57. The van der Waals surface area contributed by atoms with Gasteiger partial charge in [0.05, 0.1) is 4.92 Å². The Labute approximate surface area is 130 Å². The second-order valence-electron chi connectivity index (χ2n) is 4.83. The summed E-state index contributed by atoms with van der Waals surface area (Å²) in [6, 6.07) is 9.95. The highest BCUT2D eigenvalue weighted by Gasteiger charge is 2.31. The molecule has 8 heteroatoms. The zero-order valence-corrected chi connectivity index (χ0v) is 12.3. The van der Waals surface area contributed by atoms with Crippen LogP contribution in [0.3, 0.4) is 0 Å². The maximum Gasteiger partial charge on any atom is 0.573 e. The average molecular weight is 326 g/mol. The van der Waals surface area contributed by atoms with Gasteiger partial charge in [-0.25, -0.2) is 0 Å². The third-order valence-electron chi connectivity index (χ3n) is 3.22. The first-order chi connectivity index (χ1) is 10.7. The van der Waals surface area contributed by atoms with Gasteiger partial charge in [-0.15, -0.1) is 13.2 Å². The minimum atomic E-state index is -4.73. The lowest BCUT2D eigenvalue weighted by atomic mass is 10.1. The van der Waals surface area contributed by atoms with Gasteiger partial charge < -0.3 is 9.64 Å². The molecule has 0 atom stereocenters. The van der Waals surface area contributed by atoms with E-state index in [1.54, 1.807) is 31.0 Å². The zero-order chi connectivity index (χ0) is 17.2. The number of nitrogens with zero attached hydrogens (tertiary/aromatic N) is 2. The van der Waals surface area contributed by atoms with Crippen LogP contribution in [0.2, 0.25) is 0 Å². The van der Waals surface area contributed by atoms with Crippen LogP contribution in [0.4, 0.5) is 30.2 Å². The van der Waals surface area contributed by atoms with Gasteiger partial charge in [0.1, 0.15) is 5.75 Å². The molecule has 0 aliphatic heterocycles. The average Bonchev–Trinajstić information content (AvgIpc) is 2.45. The maximum atomic E-state index is 12.1. The Morgan fingerprint density at radius 1 is 1.09 bits per heavy atom. The van der Waals surface area contributed by atoms with Crippen LogP contribution in [0, 0.1) is 17.0 Å². The first-order valence-corrected chi connectivity index (χ1v) is 6.52. The Balaban J connectivity index is 2.22. The van der Waals surface area contributed by atoms with Gasteiger partial charge in [-0.2, -0.15) is 0 Å². The number of rotatable bonds is 4. The molecule has 5 nitrogen and oxygen atoms in total. The molecule has 0 saturated heterocycles. The quantitative estimate of drug-likeness (QED) is 0.610. The minimum Gasteiger partial charge on any atom is -0.406 e. The summed E-state index contributed by atoms with van der Waals surface area (Å²) in [7, 11) is 1.71. The fourth-order valence-corrected chi connectivity index (χ4v) is 2.07. The van der Waals surface area contributed by atoms with Crippen LogP contribution < -0.4 is 9.64 Å². The smallest absolute Gasteiger partial charge is 0.406 e. The van der Waals surface area contributed by atoms with E-state index in [4.69, 9.17) is 0 Å². The van der Waals surface area contributed by atoms with E-state index in [9.17, 15) is 23.3 Å². The molecular weight excluding hydrogens is 313 g/mol. The first-order valence-electron chi connectivity index (χ1n) is 6.52. The molecule has 0 N–H and O–H groups in total. The molecule has 0 unspecified atom stereocenters. The Morgan fingerprint density at radius 2 is 1.65 bits per heavy atom. The van der Waals surface area contributed by atoms with Crippen molar-refractivity contribution in [2.24, 2.45) is 0 Å². The second kappa shape index (κ2) is 6.15. The number of nitro groups is 1. The Hall–Kier alpha value is -2.77. The number of ether oxygens (including phenoxy) is 1. The van der Waals surface area contributed by atoms with Gasteiger partial charge in [0.15, 0.2) is 0 Å². The number of hydrogen-bond acceptors (Lipinski definition) is 4. The summed E-state index contributed by atoms with van der Waals surface area (Å²) in [5.41, 5.74) is 1.80. The highest BCUT2D eigenvalue weighted by Crippen LogP contribution is 2.30. The molecular formula is C15H13F3N2O3. The van der Waals surface area contributed by atoms with E-state index in [0.29, 0.717) is 16.9 Å². The highest BCUT2D eigenvalue weighted by atomic mass is 19.4. The van der Waals surface area contributed by atoms with Crippen molar-refractivity contribution in [1.29, 1.82) is 0 Å². The molecule has 0 fully saturated rings. The minimum absolute atomic E-state index is 0.0103. The Morgan fingerprint density at radius 3 is 2.13 bits per heavy atom. The largest absolute Gasteiger partial charge is 0.573 e. The summed E-state index contributed by atoms with van der Waals surface area (Å²) in [5.74, 6) is -0.311. The van der Waals surface area contributed by atoms with Crippen molar-refractivity contribution in [3.05, 3.63) is 58.1 Å². The standard InChI is InChI=1S/C15H13F3N2O3/c1-10-9-12(5-8-14(10)20(21)22)19(2)11-3-6-13(7-4-11)23-15(16,17)18/h3-9H,1-2H3. The fraction of sp³-hybridized carbons (Fsp3) is 0.200. The van der Waals surface area contributed by atoms with E-state index in [2.05, 4.69) is 4.74 Å². The van der Waals surface area contributed by atoms with Crippen molar-refractivity contribution in [3.8, 4) is 5.75 Å². The molecule has 0 amide bonds. The number of halogens is 3. The predicted molar refractivity (Wildman–Crippen MR) is 79.0 cm³/mol. The van der Waals surface area contributed by atoms with Crippen molar-refractivity contribution in [3.63, 3.8) is 0 Å². The van der Waals surface area contributed by atoms with E-state index in [0.717, 1.165) is 0 Å². The lowest BCUT2D eigenvalue weighted by Crippen LogP contribution is -2.17. The highest BCUT2D eigenvalue weighted by molar-refractivity contribution is 5.65. The van der Waals surface area contributed by atoms with Crippen LogP contribution in [-0.4, -0.2) is 18.3 Å². The lowest BCUT2D eigenvalue weighted by molar-refractivity contribution is -0.385. The van der Waals surface area contributed by atoms with E-state index in [1.807, 2.05) is 0 Å². The molecule has 0 aliphatic carbocycles. The number of nitro benzene ring substituents is 1. The monoisotopic (exact) mass is 326 g/mol. The fourth-order valence-electron chi connectivity index (χ4n) is 2.07. The molecule has 0 spiro atoms. The molecule has 0 bridgehead atoms. The summed E-state index contributed by atoms with van der Waals surface area (Å²) in [5, 5.41) is 10.8. The summed E-state index contributed by atoms with van der Waals surface area (Å²) < 4.78 is 40.2. The molecule has 23 heavy (non-hydrogen) atoms. The number of hydrogen-bond donors (Lipinski definition) is 0. The van der Waals surface area contributed by atoms with Crippen LogP contribution in [0.5, 0.6) is 5.75 Å². The van der Waals surface area contributed by atoms with E-state index < -0.39 is 11.3 Å². The van der Waals surface area contributed by atoms with Gasteiger partial charge in [-0.1, -0.05) is 0 Å². The van der Waals surface area contributed by atoms with Crippen LogP contribution in [0.15, 0.2) is 42.5 Å². The van der Waals surface area contributed by atoms with Crippen LogP contribution in [0.1, 0.15) is 5.56 Å². The zero-order valence-electron chi connectivity index (χ0n) is 12.3. The van der Waals surface area contributed by atoms with Crippen molar-refractivity contribution >= 4 is 17.1 Å². The Bertz CT molecular complexity index is 715. The number of aryl methyl sites for hydroxylation is 1.